The summed E-state index contributed by atoms with van der Waals surface area (Å²) in [6.45, 7) is 2.52. The number of benzene rings is 2. The maximum Gasteiger partial charge on any atom is 0.242 e. The molecule has 0 unspecified atom stereocenters. The summed E-state index contributed by atoms with van der Waals surface area (Å²) in [6, 6.07) is 16.7. The second-order valence-corrected chi connectivity index (χ2v) is 6.21. The summed E-state index contributed by atoms with van der Waals surface area (Å²) in [5.41, 5.74) is 4.76. The van der Waals surface area contributed by atoms with Gasteiger partial charge in [-0.05, 0) is 17.2 Å². The van der Waals surface area contributed by atoms with Crippen LogP contribution >= 0.6 is 24.8 Å². The maximum atomic E-state index is 12.5. The van der Waals surface area contributed by atoms with Gasteiger partial charge in [0.05, 0.1) is 0 Å². The molecule has 2 heterocycles. The Morgan fingerprint density at radius 1 is 1.08 bits per heavy atom. The van der Waals surface area contributed by atoms with Gasteiger partial charge in [-0.1, -0.05) is 42.5 Å². The van der Waals surface area contributed by atoms with Crippen molar-refractivity contribution in [2.45, 2.75) is 12.0 Å². The van der Waals surface area contributed by atoms with E-state index in [-0.39, 0.29) is 36.8 Å². The molecule has 2 aliphatic rings. The van der Waals surface area contributed by atoms with Crippen LogP contribution in [0.25, 0.3) is 0 Å². The van der Waals surface area contributed by atoms with E-state index in [9.17, 15) is 4.79 Å². The van der Waals surface area contributed by atoms with Gasteiger partial charge >= 0.3 is 0 Å². The second kappa shape index (κ2) is 8.09. The molecule has 0 spiro atoms. The van der Waals surface area contributed by atoms with Crippen molar-refractivity contribution in [2.24, 2.45) is 0 Å². The molecule has 0 saturated carbocycles. The number of carbonyl (C=O) groups excluding carboxylic acids is 1. The van der Waals surface area contributed by atoms with Gasteiger partial charge in [-0.15, -0.1) is 24.8 Å². The van der Waals surface area contributed by atoms with E-state index in [1.807, 2.05) is 7.05 Å². The Bertz CT molecular complexity index is 739. The van der Waals surface area contributed by atoms with Gasteiger partial charge < -0.3 is 10.6 Å². The van der Waals surface area contributed by atoms with Crippen molar-refractivity contribution in [3.05, 3.63) is 65.2 Å². The summed E-state index contributed by atoms with van der Waals surface area (Å²) in [7, 11) is 1.92. The van der Waals surface area contributed by atoms with E-state index < -0.39 is 0 Å². The molecule has 4 nitrogen and oxygen atoms in total. The minimum atomic E-state index is -0.178. The van der Waals surface area contributed by atoms with Crippen molar-refractivity contribution in [1.82, 2.24) is 10.2 Å². The lowest BCUT2D eigenvalue weighted by molar-refractivity contribution is -0.129. The lowest BCUT2D eigenvalue weighted by Gasteiger charge is -2.44. The highest BCUT2D eigenvalue weighted by Crippen LogP contribution is 2.43. The summed E-state index contributed by atoms with van der Waals surface area (Å²) >= 11 is 0. The highest BCUT2D eigenvalue weighted by atomic mass is 35.5. The van der Waals surface area contributed by atoms with Crippen molar-refractivity contribution in [3.8, 4) is 0 Å². The number of piperazine rings is 1. The minimum Gasteiger partial charge on any atom is -0.388 e. The summed E-state index contributed by atoms with van der Waals surface area (Å²) in [5.74, 6) is 0.424. The monoisotopic (exact) mass is 379 g/mol. The van der Waals surface area contributed by atoms with Crippen LogP contribution in [-0.2, 0) is 4.79 Å². The first kappa shape index (κ1) is 19.6. The Kier molecular flexibility index (Phi) is 6.33. The number of nitrogens with one attached hydrogen (secondary N) is 2. The van der Waals surface area contributed by atoms with Crippen LogP contribution in [0.4, 0.5) is 5.69 Å². The topological polar surface area (TPSA) is 44.4 Å². The van der Waals surface area contributed by atoms with E-state index in [0.717, 1.165) is 30.9 Å². The van der Waals surface area contributed by atoms with Crippen LogP contribution in [0.2, 0.25) is 0 Å². The zero-order valence-electron chi connectivity index (χ0n) is 14.1. The van der Waals surface area contributed by atoms with E-state index in [0.29, 0.717) is 5.92 Å². The van der Waals surface area contributed by atoms with Gasteiger partial charge in [0.15, 0.2) is 0 Å². The normalized spacial score (nSPS) is 21.7. The van der Waals surface area contributed by atoms with Crippen molar-refractivity contribution < 1.29 is 4.79 Å². The van der Waals surface area contributed by atoms with Crippen LogP contribution in [0.3, 0.4) is 0 Å². The third-order valence-corrected chi connectivity index (χ3v) is 4.99. The van der Waals surface area contributed by atoms with Crippen LogP contribution in [0.15, 0.2) is 48.5 Å². The fraction of sp³-hybridized carbons (Fsp3) is 0.316. The molecule has 1 saturated heterocycles. The fourth-order valence-corrected chi connectivity index (χ4v) is 3.94. The molecule has 0 aromatic heterocycles. The van der Waals surface area contributed by atoms with Crippen LogP contribution in [0.1, 0.15) is 28.7 Å². The fourth-order valence-electron chi connectivity index (χ4n) is 3.94. The Morgan fingerprint density at radius 3 is 2.56 bits per heavy atom. The van der Waals surface area contributed by atoms with E-state index >= 15 is 0 Å². The lowest BCUT2D eigenvalue weighted by atomic mass is 9.79. The lowest BCUT2D eigenvalue weighted by Crippen LogP contribution is -2.53. The molecule has 0 aliphatic carbocycles. The first-order valence-corrected chi connectivity index (χ1v) is 8.17. The molecule has 1 fully saturated rings. The Morgan fingerprint density at radius 2 is 1.84 bits per heavy atom. The number of halogens is 2. The van der Waals surface area contributed by atoms with Gasteiger partial charge in [0.2, 0.25) is 5.91 Å². The number of carbonyl (C=O) groups is 1. The molecule has 1 amide bonds. The van der Waals surface area contributed by atoms with E-state index in [4.69, 9.17) is 0 Å². The SMILES string of the molecule is CNc1cccc2c1[C@H]1C(=O)NCCN1C[C@@H]2c1ccccc1.Cl.Cl. The quantitative estimate of drug-likeness (QED) is 0.841. The molecule has 2 aromatic carbocycles. The summed E-state index contributed by atoms with van der Waals surface area (Å²) in [6.07, 6.45) is 0. The molecule has 2 atom stereocenters. The first-order chi connectivity index (χ1) is 11.3. The van der Waals surface area contributed by atoms with E-state index in [1.54, 1.807) is 0 Å². The zero-order chi connectivity index (χ0) is 15.8. The standard InChI is InChI=1S/C19H21N3O.2ClH/c1-20-16-9-5-8-14-15(13-6-3-2-4-7-13)12-22-11-10-21-19(23)18(22)17(14)16;;/h2-9,15,18,20H,10-12H2,1H3,(H,21,23);2*1H/t15-,18+;;/m1../s1. The number of amides is 1. The van der Waals surface area contributed by atoms with Crippen molar-refractivity contribution in [2.75, 3.05) is 32.0 Å². The van der Waals surface area contributed by atoms with Gasteiger partial charge in [0, 0.05) is 43.9 Å². The highest BCUT2D eigenvalue weighted by Gasteiger charge is 2.40. The molecule has 2 N–H and O–H groups in total. The Labute approximate surface area is 160 Å². The minimum absolute atomic E-state index is 0. The molecule has 6 heteroatoms. The van der Waals surface area contributed by atoms with Gasteiger partial charge in [0.1, 0.15) is 6.04 Å². The first-order valence-electron chi connectivity index (χ1n) is 8.17. The van der Waals surface area contributed by atoms with Gasteiger partial charge in [-0.2, -0.15) is 0 Å². The predicted octanol–water partition coefficient (Wildman–Crippen LogP) is 3.19. The number of nitrogens with zero attached hydrogens (tertiary/aromatic N) is 1. The summed E-state index contributed by atoms with van der Waals surface area (Å²) in [4.78, 5) is 14.8. The van der Waals surface area contributed by atoms with Crippen LogP contribution < -0.4 is 10.6 Å². The van der Waals surface area contributed by atoms with Crippen LogP contribution in [0, 0.1) is 0 Å². The van der Waals surface area contributed by atoms with Crippen LogP contribution in [-0.4, -0.2) is 37.5 Å². The molecule has 0 radical (unpaired) electrons. The van der Waals surface area contributed by atoms with E-state index in [1.165, 1.54) is 11.1 Å². The largest absolute Gasteiger partial charge is 0.388 e. The van der Waals surface area contributed by atoms with Gasteiger partial charge in [-0.25, -0.2) is 0 Å². The molecular weight excluding hydrogens is 357 g/mol. The number of fused-ring (bicyclic) bond motifs is 3. The van der Waals surface area contributed by atoms with Crippen molar-refractivity contribution in [3.63, 3.8) is 0 Å². The molecule has 4 rings (SSSR count). The number of anilines is 1. The molecule has 25 heavy (non-hydrogen) atoms. The average Bonchev–Trinajstić information content (AvgIpc) is 2.61. The van der Waals surface area contributed by atoms with E-state index in [2.05, 4.69) is 64.1 Å². The van der Waals surface area contributed by atoms with Crippen molar-refractivity contribution >= 4 is 36.4 Å². The molecule has 0 bridgehead atoms. The Balaban J connectivity index is 0.00000113. The predicted molar refractivity (Wildman–Crippen MR) is 106 cm³/mol. The highest BCUT2D eigenvalue weighted by molar-refractivity contribution is 5.87. The summed E-state index contributed by atoms with van der Waals surface area (Å²) < 4.78 is 0. The van der Waals surface area contributed by atoms with Crippen LogP contribution in [0.5, 0.6) is 0 Å². The number of hydrogen-bond acceptors (Lipinski definition) is 3. The molecular formula is C19H23Cl2N3O. The van der Waals surface area contributed by atoms with Crippen molar-refractivity contribution in [1.29, 1.82) is 0 Å². The second-order valence-electron chi connectivity index (χ2n) is 6.21. The number of rotatable bonds is 2. The maximum absolute atomic E-state index is 12.5. The third-order valence-electron chi connectivity index (χ3n) is 4.99. The number of hydrogen-bond donors (Lipinski definition) is 2. The molecule has 134 valence electrons. The van der Waals surface area contributed by atoms with Gasteiger partial charge in [0.25, 0.3) is 0 Å². The van der Waals surface area contributed by atoms with Gasteiger partial charge in [-0.3, -0.25) is 9.69 Å². The average molecular weight is 380 g/mol. The zero-order valence-corrected chi connectivity index (χ0v) is 15.7. The summed E-state index contributed by atoms with van der Waals surface area (Å²) in [5, 5.41) is 6.29. The smallest absolute Gasteiger partial charge is 0.242 e. The third kappa shape index (κ3) is 3.34. The molecule has 2 aliphatic heterocycles. The molecule has 2 aromatic rings. The Hall–Kier alpha value is -1.75.